The van der Waals surface area contributed by atoms with Gasteiger partial charge in [-0.25, -0.2) is 0 Å². The van der Waals surface area contributed by atoms with Gasteiger partial charge in [-0.15, -0.1) is 6.58 Å². The van der Waals surface area contributed by atoms with Crippen LogP contribution in [0.3, 0.4) is 0 Å². The molecule has 0 heterocycles. The molecule has 0 aliphatic heterocycles. The maximum atomic E-state index is 3.58. The fraction of sp³-hybridized carbons (Fsp3) is 0.111. The summed E-state index contributed by atoms with van der Waals surface area (Å²) in [6.07, 6.45) is 12.4. The summed E-state index contributed by atoms with van der Waals surface area (Å²) in [5.41, 5.74) is 0. The van der Waals surface area contributed by atoms with E-state index in [0.717, 1.165) is 6.42 Å². The minimum atomic E-state index is 0.932. The third-order valence-corrected chi connectivity index (χ3v) is 0.797. The van der Waals surface area contributed by atoms with Gasteiger partial charge in [-0.1, -0.05) is 43.0 Å². The summed E-state index contributed by atoms with van der Waals surface area (Å²) < 4.78 is 0. The van der Waals surface area contributed by atoms with E-state index >= 15 is 0 Å². The average molecular weight is 120 g/mol. The predicted molar refractivity (Wildman–Crippen MR) is 43.3 cm³/mol. The smallest absolute Gasteiger partial charge is 0.0169 e. The van der Waals surface area contributed by atoms with Gasteiger partial charge in [-0.3, -0.25) is 0 Å². The van der Waals surface area contributed by atoms with Crippen molar-refractivity contribution in [1.29, 1.82) is 0 Å². The lowest BCUT2D eigenvalue weighted by Gasteiger charge is -1.74. The minimum Gasteiger partial charge on any atom is -0.103 e. The Labute approximate surface area is 56.9 Å². The van der Waals surface area contributed by atoms with Crippen molar-refractivity contribution >= 4 is 0 Å². The Morgan fingerprint density at radius 3 is 2.33 bits per heavy atom. The molecule has 0 amide bonds. The van der Waals surface area contributed by atoms with Crippen LogP contribution in [0.5, 0.6) is 0 Å². The van der Waals surface area contributed by atoms with Crippen LogP contribution < -0.4 is 0 Å². The highest BCUT2D eigenvalue weighted by molar-refractivity contribution is 5.09. The highest BCUT2D eigenvalue weighted by Crippen LogP contribution is 1.83. The predicted octanol–water partition coefficient (Wildman–Crippen LogP) is 2.86. The van der Waals surface area contributed by atoms with Crippen LogP contribution in [0.1, 0.15) is 6.42 Å². The summed E-state index contributed by atoms with van der Waals surface area (Å²) in [6, 6.07) is 0. The van der Waals surface area contributed by atoms with Crippen molar-refractivity contribution in [2.75, 3.05) is 0 Å². The Balaban J connectivity index is 3.33. The molecule has 0 nitrogen and oxygen atoms in total. The van der Waals surface area contributed by atoms with Crippen LogP contribution in [0, 0.1) is 0 Å². The largest absolute Gasteiger partial charge is 0.103 e. The van der Waals surface area contributed by atoms with Gasteiger partial charge in [0.1, 0.15) is 0 Å². The van der Waals surface area contributed by atoms with Crippen LogP contribution in [0.2, 0.25) is 0 Å². The van der Waals surface area contributed by atoms with Crippen molar-refractivity contribution < 1.29 is 0 Å². The average Bonchev–Trinajstić information content (AvgIpc) is 1.89. The van der Waals surface area contributed by atoms with Crippen molar-refractivity contribution in [1.82, 2.24) is 0 Å². The van der Waals surface area contributed by atoms with Crippen molar-refractivity contribution in [3.63, 3.8) is 0 Å². The lowest BCUT2D eigenvalue weighted by atomic mass is 10.3. The Bertz CT molecular complexity index is 127. The van der Waals surface area contributed by atoms with E-state index in [2.05, 4.69) is 13.2 Å². The topological polar surface area (TPSA) is 0 Å². The molecule has 0 heteroatoms. The van der Waals surface area contributed by atoms with Gasteiger partial charge >= 0.3 is 0 Å². The van der Waals surface area contributed by atoms with E-state index in [0.29, 0.717) is 0 Å². The van der Waals surface area contributed by atoms with Crippen LogP contribution in [-0.4, -0.2) is 0 Å². The van der Waals surface area contributed by atoms with Crippen LogP contribution >= 0.6 is 0 Å². The lowest BCUT2D eigenvalue weighted by molar-refractivity contribution is 1.41. The molecule has 0 saturated heterocycles. The maximum Gasteiger partial charge on any atom is -0.0169 e. The summed E-state index contributed by atoms with van der Waals surface area (Å²) in [7, 11) is 0. The Hall–Kier alpha value is -1.04. The molecule has 48 valence electrons. The van der Waals surface area contributed by atoms with E-state index in [4.69, 9.17) is 0 Å². The van der Waals surface area contributed by atoms with Gasteiger partial charge in [-0.05, 0) is 6.42 Å². The molecule has 0 radical (unpaired) electrons. The van der Waals surface area contributed by atoms with Gasteiger partial charge < -0.3 is 0 Å². The van der Waals surface area contributed by atoms with Crippen LogP contribution in [-0.2, 0) is 0 Å². The molecule has 0 fully saturated rings. The van der Waals surface area contributed by atoms with E-state index in [1.807, 2.05) is 30.4 Å². The minimum absolute atomic E-state index is 0.932. The molecule has 0 aromatic carbocycles. The molecule has 0 rings (SSSR count). The van der Waals surface area contributed by atoms with Gasteiger partial charge in [0.25, 0.3) is 0 Å². The first-order valence-corrected chi connectivity index (χ1v) is 2.97. The summed E-state index contributed by atoms with van der Waals surface area (Å²) in [5, 5.41) is 0. The second kappa shape index (κ2) is 6.96. The number of rotatable bonds is 4. The van der Waals surface area contributed by atoms with Crippen molar-refractivity contribution in [3.8, 4) is 0 Å². The van der Waals surface area contributed by atoms with Crippen molar-refractivity contribution in [2.45, 2.75) is 6.42 Å². The number of allylic oxidation sites excluding steroid dienone is 6. The molecule has 0 N–H and O–H groups in total. The number of hydrogen-bond acceptors (Lipinski definition) is 0. The molecule has 9 heavy (non-hydrogen) atoms. The molecule has 0 aromatic heterocycles. The first kappa shape index (κ1) is 7.96. The second-order valence-electron chi connectivity index (χ2n) is 1.57. The Kier molecular flexibility index (Phi) is 6.16. The fourth-order valence-corrected chi connectivity index (χ4v) is 0.396. The van der Waals surface area contributed by atoms with E-state index in [1.165, 1.54) is 0 Å². The molecule has 0 unspecified atom stereocenters. The zero-order valence-electron chi connectivity index (χ0n) is 5.59. The van der Waals surface area contributed by atoms with Crippen LogP contribution in [0.15, 0.2) is 49.6 Å². The normalized spacial score (nSPS) is 10.7. The zero-order valence-corrected chi connectivity index (χ0v) is 5.59. The summed E-state index contributed by atoms with van der Waals surface area (Å²) in [6.45, 7) is 7.12. The van der Waals surface area contributed by atoms with Gasteiger partial charge in [0.15, 0.2) is 0 Å². The molecule has 0 bridgehead atoms. The van der Waals surface area contributed by atoms with Gasteiger partial charge in [0, 0.05) is 0 Å². The highest BCUT2D eigenvalue weighted by atomic mass is 13.7. The maximum absolute atomic E-state index is 3.58. The summed E-state index contributed by atoms with van der Waals surface area (Å²) >= 11 is 0. The molecule has 0 spiro atoms. The van der Waals surface area contributed by atoms with E-state index in [9.17, 15) is 0 Å². The second-order valence-corrected chi connectivity index (χ2v) is 1.57. The van der Waals surface area contributed by atoms with Crippen molar-refractivity contribution in [3.05, 3.63) is 49.6 Å². The highest BCUT2D eigenvalue weighted by Gasteiger charge is 1.62. The fourth-order valence-electron chi connectivity index (χ4n) is 0.396. The molecule has 0 atom stereocenters. The molecule has 0 aromatic rings. The van der Waals surface area contributed by atoms with Crippen LogP contribution in [0.4, 0.5) is 0 Å². The van der Waals surface area contributed by atoms with E-state index < -0.39 is 0 Å². The first-order chi connectivity index (χ1) is 4.41. The molecular formula is C9H12. The van der Waals surface area contributed by atoms with Gasteiger partial charge in [-0.2, -0.15) is 0 Å². The van der Waals surface area contributed by atoms with E-state index in [-0.39, 0.29) is 0 Å². The summed E-state index contributed by atoms with van der Waals surface area (Å²) in [5.74, 6) is 0. The van der Waals surface area contributed by atoms with Gasteiger partial charge in [0.2, 0.25) is 0 Å². The third kappa shape index (κ3) is 6.96. The third-order valence-electron chi connectivity index (χ3n) is 0.797. The van der Waals surface area contributed by atoms with Gasteiger partial charge in [0.05, 0.1) is 0 Å². The number of hydrogen-bond donors (Lipinski definition) is 0. The Morgan fingerprint density at radius 2 is 1.78 bits per heavy atom. The Morgan fingerprint density at radius 1 is 1.00 bits per heavy atom. The monoisotopic (exact) mass is 120 g/mol. The van der Waals surface area contributed by atoms with E-state index in [1.54, 1.807) is 6.08 Å². The standard InChI is InChI=1S/C9H12/c1-3-5-7-9-8-6-4-2/h3-5,7-9H,1-2,6H2. The molecule has 0 aliphatic carbocycles. The summed E-state index contributed by atoms with van der Waals surface area (Å²) in [4.78, 5) is 0. The zero-order chi connectivity index (χ0) is 6.95. The SMILES string of the molecule is C=CC=CC=CCC=C. The van der Waals surface area contributed by atoms with Crippen molar-refractivity contribution in [2.24, 2.45) is 0 Å². The molecular weight excluding hydrogens is 108 g/mol. The quantitative estimate of drug-likeness (QED) is 0.395. The first-order valence-electron chi connectivity index (χ1n) is 2.97. The van der Waals surface area contributed by atoms with Crippen LogP contribution in [0.25, 0.3) is 0 Å². The lowest BCUT2D eigenvalue weighted by Crippen LogP contribution is -1.52. The molecule has 0 saturated carbocycles. The molecule has 0 aliphatic rings.